The Kier molecular flexibility index (Phi) is 19.1. The highest BCUT2D eigenvalue weighted by Gasteiger charge is 2.23. The minimum Gasteiger partial charge on any atom is -0.489 e. The highest BCUT2D eigenvalue weighted by molar-refractivity contribution is 7.83. The average molecular weight is 789 g/mol. The number of nitrogens with zero attached hydrogens (tertiary/aromatic N) is 3. The Morgan fingerprint density at radius 3 is 2.20 bits per heavy atom. The molecule has 1 heterocycles. The van der Waals surface area contributed by atoms with Crippen LogP contribution >= 0.6 is 0 Å². The van der Waals surface area contributed by atoms with Crippen molar-refractivity contribution in [2.24, 2.45) is 0 Å². The SMILES string of the molecule is C=C/C(NC(=O)c1nc(-c2ccc(S(=O)NCCCC(=O)OC(C)(C)C)cc2)cnc1N)=C(/OCCOCCOCCO)C(=C)CN(C)C(=O)OC(C)(C)C. The minimum atomic E-state index is -1.54. The summed E-state index contributed by atoms with van der Waals surface area (Å²) in [6, 6.07) is 6.67. The molecule has 55 heavy (non-hydrogen) atoms. The third-order valence-electron chi connectivity index (χ3n) is 6.82. The Morgan fingerprint density at radius 2 is 1.60 bits per heavy atom. The molecule has 16 nitrogen and oxygen atoms in total. The van der Waals surface area contributed by atoms with Crippen molar-refractivity contribution in [3.05, 3.63) is 72.4 Å². The van der Waals surface area contributed by atoms with E-state index in [9.17, 15) is 18.6 Å². The monoisotopic (exact) mass is 788 g/mol. The van der Waals surface area contributed by atoms with Gasteiger partial charge in [0.1, 0.15) is 34.6 Å². The number of carbonyl (C=O) groups is 3. The smallest absolute Gasteiger partial charge is 0.410 e. The van der Waals surface area contributed by atoms with E-state index in [1.165, 1.54) is 24.2 Å². The Hall–Kier alpha value is -4.68. The van der Waals surface area contributed by atoms with Crippen LogP contribution in [-0.4, -0.2) is 113 Å². The van der Waals surface area contributed by atoms with E-state index in [4.69, 9.17) is 34.5 Å². The number of aliphatic hydroxyl groups excluding tert-OH is 1. The first-order valence-electron chi connectivity index (χ1n) is 17.6. The van der Waals surface area contributed by atoms with E-state index in [1.54, 1.807) is 65.8 Å². The number of nitrogen functional groups attached to an aromatic ring is 1. The van der Waals surface area contributed by atoms with E-state index in [-0.39, 0.29) is 81.5 Å². The summed E-state index contributed by atoms with van der Waals surface area (Å²) in [5.41, 5.74) is 5.97. The zero-order chi connectivity index (χ0) is 41.2. The van der Waals surface area contributed by atoms with Gasteiger partial charge in [-0.2, -0.15) is 0 Å². The molecule has 1 aromatic heterocycles. The maximum atomic E-state index is 13.6. The highest BCUT2D eigenvalue weighted by atomic mass is 32.2. The molecule has 0 bridgehead atoms. The second-order valence-electron chi connectivity index (χ2n) is 14.0. The van der Waals surface area contributed by atoms with Gasteiger partial charge >= 0.3 is 12.1 Å². The molecule has 0 saturated heterocycles. The van der Waals surface area contributed by atoms with Crippen LogP contribution in [0.2, 0.25) is 0 Å². The van der Waals surface area contributed by atoms with E-state index >= 15 is 0 Å². The number of esters is 1. The number of ether oxygens (including phenoxy) is 5. The Labute approximate surface area is 326 Å². The van der Waals surface area contributed by atoms with Crippen molar-refractivity contribution >= 4 is 34.8 Å². The lowest BCUT2D eigenvalue weighted by Crippen LogP contribution is -2.36. The van der Waals surface area contributed by atoms with Gasteiger partial charge in [-0.1, -0.05) is 25.3 Å². The Morgan fingerprint density at radius 1 is 0.982 bits per heavy atom. The third-order valence-corrected chi connectivity index (χ3v) is 7.99. The lowest BCUT2D eigenvalue weighted by atomic mass is 10.1. The molecule has 5 N–H and O–H groups in total. The van der Waals surface area contributed by atoms with Crippen LogP contribution in [0.4, 0.5) is 10.6 Å². The summed E-state index contributed by atoms with van der Waals surface area (Å²) >= 11 is 0. The summed E-state index contributed by atoms with van der Waals surface area (Å²) in [5, 5.41) is 11.6. The van der Waals surface area contributed by atoms with Crippen LogP contribution in [0.15, 0.2) is 71.6 Å². The Bertz CT molecular complexity index is 1670. The van der Waals surface area contributed by atoms with Gasteiger partial charge < -0.3 is 44.7 Å². The number of nitrogens with two attached hydrogens (primary N) is 1. The van der Waals surface area contributed by atoms with Crippen molar-refractivity contribution in [1.29, 1.82) is 0 Å². The average Bonchev–Trinajstić information content (AvgIpc) is 3.10. The van der Waals surface area contributed by atoms with Gasteiger partial charge in [0.05, 0.1) is 62.1 Å². The zero-order valence-corrected chi connectivity index (χ0v) is 33.7. The summed E-state index contributed by atoms with van der Waals surface area (Å²) in [4.78, 5) is 48.7. The van der Waals surface area contributed by atoms with Crippen molar-refractivity contribution in [2.45, 2.75) is 70.5 Å². The normalized spacial score (nSPS) is 12.6. The number of nitrogens with one attached hydrogen (secondary N) is 2. The number of likely N-dealkylation sites (N-methyl/N-ethyl adjacent to an activating group) is 1. The molecule has 2 aromatic rings. The zero-order valence-electron chi connectivity index (χ0n) is 32.9. The molecule has 17 heteroatoms. The van der Waals surface area contributed by atoms with Gasteiger partial charge in [-0.3, -0.25) is 9.59 Å². The fourth-order valence-electron chi connectivity index (χ4n) is 4.43. The number of aromatic nitrogens is 2. The standard InChI is InChI=1S/C38H56N6O10S/c1-10-29(33(52-23-22-51-21-20-50-19-18-45)26(2)25-44(9)36(48)54-38(6,7)8)43-35(47)32-34(39)40-24-30(42-32)27-13-15-28(16-14-27)55(49)41-17-11-12-31(46)53-37(3,4)5/h10,13-16,24,41,45H,1-2,11-12,17-23,25H2,3-9H3,(H2,39,40)(H,43,47)/b33-29-. The molecule has 1 atom stereocenters. The number of rotatable bonds is 22. The first-order valence-corrected chi connectivity index (χ1v) is 18.8. The van der Waals surface area contributed by atoms with Crippen LogP contribution in [0.1, 0.15) is 64.9 Å². The number of carbonyl (C=O) groups excluding carboxylic acids is 3. The van der Waals surface area contributed by atoms with Gasteiger partial charge in [-0.25, -0.2) is 23.7 Å². The summed E-state index contributed by atoms with van der Waals surface area (Å²) < 4.78 is 43.2. The fraction of sp³-hybridized carbons (Fsp3) is 0.500. The molecule has 1 aromatic carbocycles. The van der Waals surface area contributed by atoms with Gasteiger partial charge in [-0.15, -0.1) is 0 Å². The van der Waals surface area contributed by atoms with Gasteiger partial charge in [0.25, 0.3) is 5.91 Å². The van der Waals surface area contributed by atoms with Crippen LogP contribution in [-0.2, 0) is 39.5 Å². The van der Waals surface area contributed by atoms with Crippen LogP contribution in [0, 0.1) is 0 Å². The summed E-state index contributed by atoms with van der Waals surface area (Å²) in [7, 11) is 0.000562. The molecule has 304 valence electrons. The Balaban J connectivity index is 2.21. The first kappa shape index (κ1) is 46.5. The number of hydrogen-bond donors (Lipinski definition) is 4. The number of aliphatic hydroxyl groups is 1. The maximum Gasteiger partial charge on any atom is 0.410 e. The lowest BCUT2D eigenvalue weighted by molar-refractivity contribution is -0.154. The molecule has 0 aliphatic carbocycles. The molecule has 0 spiro atoms. The second-order valence-corrected chi connectivity index (χ2v) is 15.3. The number of amides is 2. The molecule has 2 amide bonds. The predicted molar refractivity (Wildman–Crippen MR) is 209 cm³/mol. The fourth-order valence-corrected chi connectivity index (χ4v) is 5.31. The lowest BCUT2D eigenvalue weighted by Gasteiger charge is -2.26. The number of anilines is 1. The first-order chi connectivity index (χ1) is 25.8. The van der Waals surface area contributed by atoms with Gasteiger partial charge in [0, 0.05) is 31.1 Å². The predicted octanol–water partition coefficient (Wildman–Crippen LogP) is 4.05. The van der Waals surface area contributed by atoms with Crippen LogP contribution in [0.3, 0.4) is 0 Å². The summed E-state index contributed by atoms with van der Waals surface area (Å²) in [6.45, 7) is 19.7. The molecule has 0 aliphatic rings. The van der Waals surface area contributed by atoms with Crippen molar-refractivity contribution in [1.82, 2.24) is 24.9 Å². The van der Waals surface area contributed by atoms with Crippen molar-refractivity contribution in [2.75, 3.05) is 65.5 Å². The molecular formula is C38H56N6O10S. The van der Waals surface area contributed by atoms with E-state index in [2.05, 4.69) is 33.2 Å². The van der Waals surface area contributed by atoms with Crippen LogP contribution in [0.25, 0.3) is 11.3 Å². The molecule has 1 unspecified atom stereocenters. The molecule has 0 saturated carbocycles. The van der Waals surface area contributed by atoms with Crippen molar-refractivity contribution < 1.29 is 47.4 Å². The molecule has 0 radical (unpaired) electrons. The largest absolute Gasteiger partial charge is 0.489 e. The number of allylic oxidation sites excluding steroid dienone is 1. The molecule has 0 aliphatic heterocycles. The molecule has 2 rings (SSSR count). The minimum absolute atomic E-state index is 0.0207. The number of benzene rings is 1. The van der Waals surface area contributed by atoms with E-state index < -0.39 is 34.2 Å². The number of hydrogen-bond acceptors (Lipinski definition) is 13. The van der Waals surface area contributed by atoms with E-state index in [0.717, 1.165) is 0 Å². The maximum absolute atomic E-state index is 13.6. The topological polar surface area (TPSA) is 214 Å². The summed E-state index contributed by atoms with van der Waals surface area (Å²) in [6.07, 6.45) is 2.83. The van der Waals surface area contributed by atoms with Gasteiger partial charge in [0.2, 0.25) is 0 Å². The van der Waals surface area contributed by atoms with Crippen LogP contribution in [0.5, 0.6) is 0 Å². The summed E-state index contributed by atoms with van der Waals surface area (Å²) in [5.74, 6) is -1.05. The van der Waals surface area contributed by atoms with Gasteiger partial charge in [-0.05, 0) is 66.2 Å². The van der Waals surface area contributed by atoms with E-state index in [1.807, 2.05) is 0 Å². The highest BCUT2D eigenvalue weighted by Crippen LogP contribution is 2.22. The van der Waals surface area contributed by atoms with Crippen molar-refractivity contribution in [3.63, 3.8) is 0 Å². The molecular weight excluding hydrogens is 733 g/mol. The van der Waals surface area contributed by atoms with Crippen molar-refractivity contribution in [3.8, 4) is 11.3 Å². The second kappa shape index (κ2) is 22.6. The quantitative estimate of drug-likeness (QED) is 0.0575. The van der Waals surface area contributed by atoms with E-state index in [0.29, 0.717) is 34.7 Å². The third kappa shape index (κ3) is 17.6. The van der Waals surface area contributed by atoms with Crippen LogP contribution < -0.4 is 15.8 Å². The molecule has 0 fully saturated rings. The van der Waals surface area contributed by atoms with Gasteiger partial charge in [0.15, 0.2) is 11.5 Å².